The van der Waals surface area contributed by atoms with Gasteiger partial charge >= 0.3 is 0 Å². The lowest BCUT2D eigenvalue weighted by Crippen LogP contribution is -2.51. The van der Waals surface area contributed by atoms with Crippen LogP contribution in [0.1, 0.15) is 37.0 Å². The summed E-state index contributed by atoms with van der Waals surface area (Å²) in [5.74, 6) is 1.41. The quantitative estimate of drug-likeness (QED) is 0.851. The summed E-state index contributed by atoms with van der Waals surface area (Å²) in [6.07, 6.45) is 4.15. The van der Waals surface area contributed by atoms with Crippen molar-refractivity contribution in [3.05, 3.63) is 23.9 Å². The zero-order valence-corrected chi connectivity index (χ0v) is 15.4. The molecule has 1 atom stereocenters. The molecule has 138 valence electrons. The van der Waals surface area contributed by atoms with Crippen molar-refractivity contribution in [1.29, 1.82) is 0 Å². The maximum Gasteiger partial charge on any atom is 0.252 e. The number of hydrogen-bond acceptors (Lipinski definition) is 5. The highest BCUT2D eigenvalue weighted by Crippen LogP contribution is 2.18. The third-order valence-corrected chi connectivity index (χ3v) is 5.20. The predicted octanol–water partition coefficient (Wildman–Crippen LogP) is 1.77. The molecule has 2 aliphatic heterocycles. The summed E-state index contributed by atoms with van der Waals surface area (Å²) in [4.78, 5) is 21.6. The highest BCUT2D eigenvalue weighted by Gasteiger charge is 2.24. The van der Waals surface area contributed by atoms with Gasteiger partial charge in [0.25, 0.3) is 5.91 Å². The van der Waals surface area contributed by atoms with E-state index in [1.54, 1.807) is 6.20 Å². The van der Waals surface area contributed by atoms with Crippen LogP contribution in [-0.4, -0.2) is 67.8 Å². The molecule has 2 aliphatic rings. The van der Waals surface area contributed by atoms with E-state index in [0.717, 1.165) is 45.2 Å². The van der Waals surface area contributed by atoms with Crippen LogP contribution < -0.4 is 10.2 Å². The maximum atomic E-state index is 12.5. The summed E-state index contributed by atoms with van der Waals surface area (Å²) in [6, 6.07) is 4.18. The van der Waals surface area contributed by atoms with Gasteiger partial charge < -0.3 is 15.0 Å². The Kier molecular flexibility index (Phi) is 6.26. The van der Waals surface area contributed by atoms with E-state index in [4.69, 9.17) is 4.74 Å². The Hall–Kier alpha value is -1.66. The molecule has 1 N–H and O–H groups in total. The van der Waals surface area contributed by atoms with Gasteiger partial charge in [-0.2, -0.15) is 0 Å². The molecule has 3 heterocycles. The molecule has 2 saturated heterocycles. The molecule has 6 nitrogen and oxygen atoms in total. The smallest absolute Gasteiger partial charge is 0.252 e. The topological polar surface area (TPSA) is 57.7 Å². The molecule has 6 heteroatoms. The van der Waals surface area contributed by atoms with Gasteiger partial charge in [-0.05, 0) is 30.9 Å². The first-order chi connectivity index (χ1) is 12.1. The Balaban J connectivity index is 1.55. The highest BCUT2D eigenvalue weighted by molar-refractivity contribution is 5.94. The van der Waals surface area contributed by atoms with Gasteiger partial charge in [-0.1, -0.05) is 13.8 Å². The minimum Gasteiger partial charge on any atom is -0.379 e. The van der Waals surface area contributed by atoms with Gasteiger partial charge in [0.1, 0.15) is 5.82 Å². The van der Waals surface area contributed by atoms with Crippen molar-refractivity contribution in [2.24, 2.45) is 5.92 Å². The first-order valence-corrected chi connectivity index (χ1v) is 9.46. The fraction of sp³-hybridized carbons (Fsp3) is 0.684. The lowest BCUT2D eigenvalue weighted by atomic mass is 10.0. The number of hydrogen-bond donors (Lipinski definition) is 1. The zero-order chi connectivity index (χ0) is 17.6. The van der Waals surface area contributed by atoms with E-state index < -0.39 is 0 Å². The minimum atomic E-state index is -0.0422. The zero-order valence-electron chi connectivity index (χ0n) is 15.4. The first kappa shape index (κ1) is 18.1. The molecule has 1 aromatic rings. The molecule has 0 bridgehead atoms. The van der Waals surface area contributed by atoms with Crippen molar-refractivity contribution in [1.82, 2.24) is 15.2 Å². The molecule has 2 fully saturated rings. The van der Waals surface area contributed by atoms with Crippen molar-refractivity contribution < 1.29 is 9.53 Å². The molecule has 3 rings (SSSR count). The molecule has 1 amide bonds. The highest BCUT2D eigenvalue weighted by atomic mass is 16.5. The summed E-state index contributed by atoms with van der Waals surface area (Å²) in [7, 11) is 0. The van der Waals surface area contributed by atoms with Gasteiger partial charge in [-0.25, -0.2) is 4.98 Å². The number of anilines is 1. The monoisotopic (exact) mass is 346 g/mol. The lowest BCUT2D eigenvalue weighted by Gasteiger charge is -2.36. The molecule has 0 saturated carbocycles. The van der Waals surface area contributed by atoms with Gasteiger partial charge in [0.15, 0.2) is 0 Å². The van der Waals surface area contributed by atoms with E-state index in [-0.39, 0.29) is 5.91 Å². The van der Waals surface area contributed by atoms with Gasteiger partial charge in [0, 0.05) is 45.0 Å². The minimum absolute atomic E-state index is 0.0422. The van der Waals surface area contributed by atoms with E-state index in [9.17, 15) is 4.79 Å². The number of carbonyl (C=O) groups is 1. The van der Waals surface area contributed by atoms with Crippen molar-refractivity contribution in [3.63, 3.8) is 0 Å². The molecule has 25 heavy (non-hydrogen) atoms. The van der Waals surface area contributed by atoms with E-state index in [1.807, 2.05) is 12.1 Å². The van der Waals surface area contributed by atoms with Crippen LogP contribution in [0.2, 0.25) is 0 Å². The SMILES string of the molecule is CC(C)C(CNC(=O)c1ccc(N2CCCC2)nc1)N1CCOCC1. The van der Waals surface area contributed by atoms with Crippen LogP contribution in [0.3, 0.4) is 0 Å². The lowest BCUT2D eigenvalue weighted by molar-refractivity contribution is 0.00672. The third-order valence-electron chi connectivity index (χ3n) is 5.20. The van der Waals surface area contributed by atoms with Gasteiger partial charge in [-0.3, -0.25) is 9.69 Å². The van der Waals surface area contributed by atoms with Crippen LogP contribution in [0.25, 0.3) is 0 Å². The number of carbonyl (C=O) groups excluding carboxylic acids is 1. The Labute approximate surface area is 150 Å². The molecule has 0 spiro atoms. The van der Waals surface area contributed by atoms with Gasteiger partial charge in [0.05, 0.1) is 18.8 Å². The van der Waals surface area contributed by atoms with Crippen molar-refractivity contribution in [2.75, 3.05) is 50.8 Å². The fourth-order valence-corrected chi connectivity index (χ4v) is 3.65. The summed E-state index contributed by atoms with van der Waals surface area (Å²) >= 11 is 0. The first-order valence-electron chi connectivity index (χ1n) is 9.46. The van der Waals surface area contributed by atoms with E-state index in [1.165, 1.54) is 12.8 Å². The number of nitrogens with zero attached hydrogens (tertiary/aromatic N) is 3. The second kappa shape index (κ2) is 8.63. The van der Waals surface area contributed by atoms with E-state index >= 15 is 0 Å². The van der Waals surface area contributed by atoms with E-state index in [0.29, 0.717) is 24.1 Å². The molecule has 1 unspecified atom stereocenters. The second-order valence-electron chi connectivity index (χ2n) is 7.27. The van der Waals surface area contributed by atoms with Crippen molar-refractivity contribution in [2.45, 2.75) is 32.7 Å². The maximum absolute atomic E-state index is 12.5. The molecule has 0 aromatic carbocycles. The van der Waals surface area contributed by atoms with Gasteiger partial charge in [0.2, 0.25) is 0 Å². The average Bonchev–Trinajstić information content (AvgIpc) is 3.17. The summed E-state index contributed by atoms with van der Waals surface area (Å²) in [6.45, 7) is 10.6. The van der Waals surface area contributed by atoms with Crippen LogP contribution in [-0.2, 0) is 4.74 Å². The predicted molar refractivity (Wildman–Crippen MR) is 99.0 cm³/mol. The fourth-order valence-electron chi connectivity index (χ4n) is 3.65. The summed E-state index contributed by atoms with van der Waals surface area (Å²) in [5.41, 5.74) is 0.632. The standard InChI is InChI=1S/C19H30N4O2/c1-15(2)17(22-9-11-25-12-10-22)14-21-19(24)16-5-6-18(20-13-16)23-7-3-4-8-23/h5-6,13,15,17H,3-4,7-12,14H2,1-2H3,(H,21,24). The van der Waals surface area contributed by atoms with E-state index in [2.05, 4.69) is 33.9 Å². The Morgan fingerprint density at radius 1 is 1.20 bits per heavy atom. The van der Waals surface area contributed by atoms with Crippen LogP contribution in [0.15, 0.2) is 18.3 Å². The number of morpholine rings is 1. The number of ether oxygens (including phenoxy) is 1. The van der Waals surface area contributed by atoms with Crippen LogP contribution in [0.4, 0.5) is 5.82 Å². The number of nitrogens with one attached hydrogen (secondary N) is 1. The molecule has 1 aromatic heterocycles. The van der Waals surface area contributed by atoms with Crippen LogP contribution >= 0.6 is 0 Å². The molecular formula is C19H30N4O2. The number of aromatic nitrogens is 1. The molecule has 0 aliphatic carbocycles. The normalized spacial score (nSPS) is 20.0. The largest absolute Gasteiger partial charge is 0.379 e. The van der Waals surface area contributed by atoms with Crippen LogP contribution in [0.5, 0.6) is 0 Å². The molecule has 0 radical (unpaired) electrons. The van der Waals surface area contributed by atoms with Gasteiger partial charge in [-0.15, -0.1) is 0 Å². The number of pyridine rings is 1. The third kappa shape index (κ3) is 4.70. The number of rotatable bonds is 6. The Morgan fingerprint density at radius 3 is 2.52 bits per heavy atom. The molecular weight excluding hydrogens is 316 g/mol. The van der Waals surface area contributed by atoms with Crippen molar-refractivity contribution >= 4 is 11.7 Å². The Morgan fingerprint density at radius 2 is 1.92 bits per heavy atom. The van der Waals surface area contributed by atoms with Crippen molar-refractivity contribution in [3.8, 4) is 0 Å². The summed E-state index contributed by atoms with van der Waals surface area (Å²) < 4.78 is 5.44. The number of amides is 1. The Bertz CT molecular complexity index is 549. The van der Waals surface area contributed by atoms with Crippen LogP contribution in [0, 0.1) is 5.92 Å². The average molecular weight is 346 g/mol. The summed E-state index contributed by atoms with van der Waals surface area (Å²) in [5, 5.41) is 3.09. The second-order valence-corrected chi connectivity index (χ2v) is 7.27.